The third-order valence-electron chi connectivity index (χ3n) is 3.04. The van der Waals surface area contributed by atoms with Gasteiger partial charge in [0.05, 0.1) is 29.4 Å². The molecule has 0 unspecified atom stereocenters. The minimum Gasteiger partial charge on any atom is -0.487 e. The topological polar surface area (TPSA) is 93.5 Å². The molecule has 23 heavy (non-hydrogen) atoms. The Morgan fingerprint density at radius 3 is 2.48 bits per heavy atom. The average Bonchev–Trinajstić information content (AvgIpc) is 2.47. The first-order valence-corrected chi connectivity index (χ1v) is 7.88. The van der Waals surface area contributed by atoms with Crippen LogP contribution in [0.2, 0.25) is 5.02 Å². The van der Waals surface area contributed by atoms with Crippen LogP contribution in [0.5, 0.6) is 5.75 Å². The Morgan fingerprint density at radius 1 is 1.26 bits per heavy atom. The Labute approximate surface area is 141 Å². The molecule has 1 aromatic carbocycles. The number of hydrogen-bond acceptors (Lipinski definition) is 4. The number of para-hydroxylation sites is 1. The van der Waals surface area contributed by atoms with Crippen LogP contribution in [0.4, 0.5) is 5.69 Å². The van der Waals surface area contributed by atoms with Crippen LogP contribution in [0.1, 0.15) is 27.7 Å². The van der Waals surface area contributed by atoms with Gasteiger partial charge in [-0.25, -0.2) is 0 Å². The lowest BCUT2D eigenvalue weighted by Gasteiger charge is -2.17. The fourth-order valence-corrected chi connectivity index (χ4v) is 1.96. The normalized spacial score (nSPS) is 12.2. The van der Waals surface area contributed by atoms with Crippen LogP contribution in [0, 0.1) is 5.92 Å². The van der Waals surface area contributed by atoms with Crippen molar-refractivity contribution in [2.75, 3.05) is 11.9 Å². The van der Waals surface area contributed by atoms with Gasteiger partial charge in [-0.1, -0.05) is 31.5 Å². The fourth-order valence-electron chi connectivity index (χ4n) is 1.75. The molecular formula is C16H24ClN3O3. The molecule has 128 valence electrons. The van der Waals surface area contributed by atoms with E-state index in [0.29, 0.717) is 16.5 Å². The van der Waals surface area contributed by atoms with Gasteiger partial charge in [0, 0.05) is 0 Å². The second-order valence-corrected chi connectivity index (χ2v) is 6.23. The summed E-state index contributed by atoms with van der Waals surface area (Å²) in [6.45, 7) is 7.23. The molecule has 4 N–H and O–H groups in total. The lowest BCUT2D eigenvalue weighted by atomic mass is 10.1. The van der Waals surface area contributed by atoms with Crippen molar-refractivity contribution in [2.45, 2.75) is 39.8 Å². The maximum absolute atomic E-state index is 12.0. The van der Waals surface area contributed by atoms with E-state index in [9.17, 15) is 9.59 Å². The van der Waals surface area contributed by atoms with Crippen molar-refractivity contribution < 1.29 is 14.3 Å². The van der Waals surface area contributed by atoms with Crippen LogP contribution in [0.3, 0.4) is 0 Å². The van der Waals surface area contributed by atoms with E-state index in [1.165, 1.54) is 0 Å². The summed E-state index contributed by atoms with van der Waals surface area (Å²) < 4.78 is 5.62. The summed E-state index contributed by atoms with van der Waals surface area (Å²) in [5, 5.41) is 5.59. The first-order chi connectivity index (χ1) is 10.7. The molecule has 0 spiro atoms. The second-order valence-electron chi connectivity index (χ2n) is 5.82. The van der Waals surface area contributed by atoms with E-state index in [4.69, 9.17) is 22.1 Å². The van der Waals surface area contributed by atoms with E-state index in [-0.39, 0.29) is 30.4 Å². The minimum absolute atomic E-state index is 0.00274. The Morgan fingerprint density at radius 2 is 1.91 bits per heavy atom. The summed E-state index contributed by atoms with van der Waals surface area (Å²) in [5.41, 5.74) is 6.17. The van der Waals surface area contributed by atoms with E-state index >= 15 is 0 Å². The number of nitrogens with two attached hydrogens (primary N) is 1. The molecule has 0 aromatic heterocycles. The minimum atomic E-state index is -0.645. The first kappa shape index (κ1) is 19.3. The van der Waals surface area contributed by atoms with Crippen molar-refractivity contribution in [1.29, 1.82) is 0 Å². The number of halogens is 1. The van der Waals surface area contributed by atoms with Crippen molar-refractivity contribution in [3.05, 3.63) is 23.2 Å². The predicted molar refractivity (Wildman–Crippen MR) is 91.7 cm³/mol. The summed E-state index contributed by atoms with van der Waals surface area (Å²) >= 11 is 6.10. The summed E-state index contributed by atoms with van der Waals surface area (Å²) in [6.07, 6.45) is -0.0886. The smallest absolute Gasteiger partial charge is 0.243 e. The van der Waals surface area contributed by atoms with Gasteiger partial charge in [0.15, 0.2) is 5.75 Å². The third kappa shape index (κ3) is 6.08. The van der Waals surface area contributed by atoms with Crippen molar-refractivity contribution in [1.82, 2.24) is 5.32 Å². The molecule has 2 amide bonds. The highest BCUT2D eigenvalue weighted by Crippen LogP contribution is 2.33. The average molecular weight is 342 g/mol. The zero-order valence-electron chi connectivity index (χ0n) is 13.9. The molecule has 0 saturated carbocycles. The summed E-state index contributed by atoms with van der Waals surface area (Å²) in [7, 11) is 0. The van der Waals surface area contributed by atoms with E-state index in [1.54, 1.807) is 18.2 Å². The number of ether oxygens (including phenoxy) is 1. The van der Waals surface area contributed by atoms with E-state index in [1.807, 2.05) is 27.7 Å². The van der Waals surface area contributed by atoms with Crippen LogP contribution >= 0.6 is 11.6 Å². The monoisotopic (exact) mass is 341 g/mol. The van der Waals surface area contributed by atoms with Gasteiger partial charge in [-0.15, -0.1) is 0 Å². The zero-order valence-corrected chi connectivity index (χ0v) is 14.6. The number of amides is 2. The summed E-state index contributed by atoms with van der Waals surface area (Å²) in [5.74, 6) is -0.343. The van der Waals surface area contributed by atoms with E-state index in [0.717, 1.165) is 0 Å². The number of rotatable bonds is 7. The lowest BCUT2D eigenvalue weighted by Crippen LogP contribution is -2.46. The van der Waals surface area contributed by atoms with Crippen LogP contribution in [0.25, 0.3) is 0 Å². The molecule has 0 bridgehead atoms. The van der Waals surface area contributed by atoms with Gasteiger partial charge in [0.2, 0.25) is 11.8 Å². The standard InChI is InChI=1S/C16H24ClN3O3/c1-9(2)14(18)16(22)19-8-13(21)20-12-7-5-6-11(17)15(12)23-10(3)4/h5-7,9-10,14H,8,18H2,1-4H3,(H,19,22)(H,20,21)/t14-/m0/s1. The molecule has 1 aromatic rings. The van der Waals surface area contributed by atoms with Crippen molar-refractivity contribution >= 4 is 29.1 Å². The van der Waals surface area contributed by atoms with Crippen molar-refractivity contribution in [2.24, 2.45) is 11.7 Å². The van der Waals surface area contributed by atoms with Crippen molar-refractivity contribution in [3.63, 3.8) is 0 Å². The predicted octanol–water partition coefficient (Wildman–Crippen LogP) is 2.17. The molecule has 0 aliphatic heterocycles. The van der Waals surface area contributed by atoms with E-state index in [2.05, 4.69) is 10.6 Å². The molecule has 0 fully saturated rings. The number of carbonyl (C=O) groups excluding carboxylic acids is 2. The number of nitrogens with one attached hydrogen (secondary N) is 2. The highest BCUT2D eigenvalue weighted by Gasteiger charge is 2.18. The highest BCUT2D eigenvalue weighted by atomic mass is 35.5. The van der Waals surface area contributed by atoms with Crippen LogP contribution in [0.15, 0.2) is 18.2 Å². The Bertz CT molecular complexity index is 562. The Hall–Kier alpha value is -1.79. The molecule has 0 saturated heterocycles. The van der Waals surface area contributed by atoms with Gasteiger partial charge in [-0.05, 0) is 31.9 Å². The summed E-state index contributed by atoms with van der Waals surface area (Å²) in [6, 6.07) is 4.42. The number of anilines is 1. The molecule has 0 aliphatic carbocycles. The van der Waals surface area contributed by atoms with Gasteiger partial charge in [-0.3, -0.25) is 9.59 Å². The molecule has 6 nitrogen and oxygen atoms in total. The highest BCUT2D eigenvalue weighted by molar-refractivity contribution is 6.32. The Kier molecular flexibility index (Phi) is 7.32. The maximum Gasteiger partial charge on any atom is 0.243 e. The van der Waals surface area contributed by atoms with Crippen molar-refractivity contribution in [3.8, 4) is 5.75 Å². The summed E-state index contributed by atoms with van der Waals surface area (Å²) in [4.78, 5) is 23.7. The molecule has 1 rings (SSSR count). The molecule has 0 heterocycles. The van der Waals surface area contributed by atoms with Crippen LogP contribution in [-0.2, 0) is 9.59 Å². The van der Waals surface area contributed by atoms with Gasteiger partial charge in [0.1, 0.15) is 0 Å². The van der Waals surface area contributed by atoms with E-state index < -0.39 is 6.04 Å². The second kappa shape index (κ2) is 8.74. The molecule has 7 heteroatoms. The maximum atomic E-state index is 12.0. The molecular weight excluding hydrogens is 318 g/mol. The molecule has 0 radical (unpaired) electrons. The quantitative estimate of drug-likeness (QED) is 0.708. The SMILES string of the molecule is CC(C)Oc1c(Cl)cccc1NC(=O)CNC(=O)[C@@H](N)C(C)C. The first-order valence-electron chi connectivity index (χ1n) is 7.50. The number of hydrogen-bond donors (Lipinski definition) is 3. The number of benzene rings is 1. The van der Waals surface area contributed by atoms with Gasteiger partial charge in [0.25, 0.3) is 0 Å². The van der Waals surface area contributed by atoms with Gasteiger partial charge < -0.3 is 21.1 Å². The zero-order chi connectivity index (χ0) is 17.6. The van der Waals surface area contributed by atoms with Crippen LogP contribution in [-0.4, -0.2) is 30.5 Å². The van der Waals surface area contributed by atoms with Crippen LogP contribution < -0.4 is 21.1 Å². The molecule has 1 atom stereocenters. The van der Waals surface area contributed by atoms with Gasteiger partial charge in [-0.2, -0.15) is 0 Å². The fraction of sp³-hybridized carbons (Fsp3) is 0.500. The lowest BCUT2D eigenvalue weighted by molar-refractivity contribution is -0.125. The molecule has 0 aliphatic rings. The van der Waals surface area contributed by atoms with Gasteiger partial charge >= 0.3 is 0 Å². The third-order valence-corrected chi connectivity index (χ3v) is 3.34. The Balaban J connectivity index is 2.68. The number of carbonyl (C=O) groups is 2. The largest absolute Gasteiger partial charge is 0.487 e.